The highest BCUT2D eigenvalue weighted by Gasteiger charge is 2.29. The Balaban J connectivity index is 2.77. The van der Waals surface area contributed by atoms with E-state index in [2.05, 4.69) is 15.3 Å². The molecule has 1 heterocycles. The molecule has 0 saturated carbocycles. The van der Waals surface area contributed by atoms with Crippen LogP contribution in [0.25, 0.3) is 0 Å². The zero-order valence-corrected chi connectivity index (χ0v) is 8.39. The molecule has 1 amide bonds. The minimum atomic E-state index is -1.32. The fraction of sp³-hybridized carbons (Fsp3) is 0.333. The number of rotatable bonds is 3. The van der Waals surface area contributed by atoms with Crippen LogP contribution in [0, 0.1) is 0 Å². The first kappa shape index (κ1) is 11.1. The van der Waals surface area contributed by atoms with E-state index in [9.17, 15) is 9.59 Å². The number of nitrogens with zero attached hydrogens (tertiary/aromatic N) is 2. The van der Waals surface area contributed by atoms with E-state index >= 15 is 0 Å². The second-order valence-corrected chi connectivity index (χ2v) is 3.48. The van der Waals surface area contributed by atoms with Gasteiger partial charge in [0.1, 0.15) is 17.6 Å². The predicted molar refractivity (Wildman–Crippen MR) is 51.2 cm³/mol. The molecule has 1 rings (SSSR count). The van der Waals surface area contributed by atoms with Crippen LogP contribution < -0.4 is 5.32 Å². The number of nitrogens with one attached hydrogen (secondary N) is 1. The van der Waals surface area contributed by atoms with Crippen LogP contribution in [0.15, 0.2) is 18.6 Å². The van der Waals surface area contributed by atoms with Gasteiger partial charge in [-0.3, -0.25) is 4.79 Å². The molecule has 0 aromatic carbocycles. The number of carboxylic acid groups (broad SMARTS) is 1. The summed E-state index contributed by atoms with van der Waals surface area (Å²) in [5.74, 6) is -1.64. The third-order valence-corrected chi connectivity index (χ3v) is 1.78. The first-order valence-electron chi connectivity index (χ1n) is 4.25. The molecule has 0 atom stereocenters. The van der Waals surface area contributed by atoms with Crippen LogP contribution in [0.4, 0.5) is 0 Å². The molecule has 80 valence electrons. The Morgan fingerprint density at radius 1 is 1.47 bits per heavy atom. The van der Waals surface area contributed by atoms with Crippen LogP contribution in [-0.4, -0.2) is 32.5 Å². The molecule has 0 spiro atoms. The van der Waals surface area contributed by atoms with Crippen molar-refractivity contribution in [1.82, 2.24) is 15.3 Å². The van der Waals surface area contributed by atoms with Gasteiger partial charge in [0, 0.05) is 6.20 Å². The zero-order valence-electron chi connectivity index (χ0n) is 8.39. The maximum Gasteiger partial charge on any atom is 0.328 e. The molecule has 0 radical (unpaired) electrons. The summed E-state index contributed by atoms with van der Waals surface area (Å²) in [6, 6.07) is 1.41. The number of hydrogen-bond donors (Lipinski definition) is 2. The van der Waals surface area contributed by atoms with E-state index in [4.69, 9.17) is 5.11 Å². The molecular weight excluding hydrogens is 198 g/mol. The van der Waals surface area contributed by atoms with Crippen molar-refractivity contribution in [1.29, 1.82) is 0 Å². The van der Waals surface area contributed by atoms with Crippen molar-refractivity contribution < 1.29 is 14.7 Å². The normalized spacial score (nSPS) is 10.8. The second-order valence-electron chi connectivity index (χ2n) is 3.48. The molecule has 0 fully saturated rings. The van der Waals surface area contributed by atoms with Crippen molar-refractivity contribution in [3.8, 4) is 0 Å². The number of aromatic nitrogens is 2. The average Bonchev–Trinajstić information content (AvgIpc) is 2.18. The van der Waals surface area contributed by atoms with Crippen LogP contribution in [0.2, 0.25) is 0 Å². The van der Waals surface area contributed by atoms with Crippen LogP contribution in [-0.2, 0) is 4.79 Å². The Morgan fingerprint density at radius 3 is 2.60 bits per heavy atom. The molecule has 0 bridgehead atoms. The lowest BCUT2D eigenvalue weighted by atomic mass is 10.1. The van der Waals surface area contributed by atoms with E-state index < -0.39 is 17.4 Å². The predicted octanol–water partition coefficient (Wildman–Crippen LogP) is 0.0696. The average molecular weight is 209 g/mol. The van der Waals surface area contributed by atoms with Crippen LogP contribution in [0.3, 0.4) is 0 Å². The summed E-state index contributed by atoms with van der Waals surface area (Å²) < 4.78 is 0. The van der Waals surface area contributed by atoms with Crippen molar-refractivity contribution >= 4 is 11.9 Å². The fourth-order valence-electron chi connectivity index (χ4n) is 0.826. The molecule has 6 nitrogen and oxygen atoms in total. The van der Waals surface area contributed by atoms with Crippen molar-refractivity contribution in [2.75, 3.05) is 0 Å². The maximum absolute atomic E-state index is 11.5. The number of amides is 1. The number of carbonyl (C=O) groups is 2. The molecule has 15 heavy (non-hydrogen) atoms. The van der Waals surface area contributed by atoms with E-state index in [0.717, 1.165) is 0 Å². The van der Waals surface area contributed by atoms with Crippen molar-refractivity contribution in [2.45, 2.75) is 19.4 Å². The Morgan fingerprint density at radius 2 is 2.13 bits per heavy atom. The first-order chi connectivity index (χ1) is 6.93. The molecular formula is C9H11N3O3. The molecule has 0 aliphatic heterocycles. The standard InChI is InChI=1S/C9H11N3O3/c1-9(2,8(14)15)12-7(13)6-3-4-10-5-11-6/h3-5H,1-2H3,(H,12,13)(H,14,15). The fourth-order valence-corrected chi connectivity index (χ4v) is 0.826. The summed E-state index contributed by atoms with van der Waals surface area (Å²) in [7, 11) is 0. The van der Waals surface area contributed by atoms with Crippen molar-refractivity contribution in [3.63, 3.8) is 0 Å². The van der Waals surface area contributed by atoms with Gasteiger partial charge < -0.3 is 10.4 Å². The highest BCUT2D eigenvalue weighted by atomic mass is 16.4. The van der Waals surface area contributed by atoms with E-state index in [1.165, 1.54) is 32.4 Å². The summed E-state index contributed by atoms with van der Waals surface area (Å²) in [5, 5.41) is 11.1. The largest absolute Gasteiger partial charge is 0.480 e. The summed E-state index contributed by atoms with van der Waals surface area (Å²) in [5.41, 5.74) is -1.18. The minimum Gasteiger partial charge on any atom is -0.480 e. The van der Waals surface area contributed by atoms with Gasteiger partial charge in [0.15, 0.2) is 0 Å². The quantitative estimate of drug-likeness (QED) is 0.734. The van der Waals surface area contributed by atoms with Crippen LogP contribution in [0.1, 0.15) is 24.3 Å². The van der Waals surface area contributed by atoms with Gasteiger partial charge in [-0.25, -0.2) is 14.8 Å². The summed E-state index contributed by atoms with van der Waals surface area (Å²) in [6.07, 6.45) is 2.64. The molecule has 6 heteroatoms. The van der Waals surface area contributed by atoms with Crippen LogP contribution in [0.5, 0.6) is 0 Å². The van der Waals surface area contributed by atoms with E-state index in [-0.39, 0.29) is 5.69 Å². The van der Waals surface area contributed by atoms with Crippen molar-refractivity contribution in [2.24, 2.45) is 0 Å². The third-order valence-electron chi connectivity index (χ3n) is 1.78. The number of hydrogen-bond acceptors (Lipinski definition) is 4. The monoisotopic (exact) mass is 209 g/mol. The van der Waals surface area contributed by atoms with Gasteiger partial charge in [0.2, 0.25) is 0 Å². The molecule has 2 N–H and O–H groups in total. The van der Waals surface area contributed by atoms with E-state index in [1.807, 2.05) is 0 Å². The molecule has 1 aromatic rings. The zero-order chi connectivity index (χ0) is 11.5. The Kier molecular flexibility index (Phi) is 2.99. The highest BCUT2D eigenvalue weighted by Crippen LogP contribution is 2.03. The second kappa shape index (κ2) is 4.04. The summed E-state index contributed by atoms with van der Waals surface area (Å²) in [4.78, 5) is 29.6. The topological polar surface area (TPSA) is 92.2 Å². The number of carboxylic acids is 1. The first-order valence-corrected chi connectivity index (χ1v) is 4.25. The lowest BCUT2D eigenvalue weighted by Crippen LogP contribution is -2.49. The molecule has 0 aliphatic rings. The summed E-state index contributed by atoms with van der Waals surface area (Å²) in [6.45, 7) is 2.79. The Hall–Kier alpha value is -1.98. The van der Waals surface area contributed by atoms with Gasteiger partial charge in [-0.15, -0.1) is 0 Å². The Labute approximate surface area is 86.4 Å². The molecule has 0 aliphatic carbocycles. The number of aliphatic carboxylic acids is 1. The van der Waals surface area contributed by atoms with E-state index in [0.29, 0.717) is 0 Å². The van der Waals surface area contributed by atoms with Crippen LogP contribution >= 0.6 is 0 Å². The minimum absolute atomic E-state index is 0.138. The smallest absolute Gasteiger partial charge is 0.328 e. The molecule has 1 aromatic heterocycles. The number of carbonyl (C=O) groups excluding carboxylic acids is 1. The van der Waals surface area contributed by atoms with Gasteiger partial charge in [-0.2, -0.15) is 0 Å². The molecule has 0 saturated heterocycles. The van der Waals surface area contributed by atoms with Gasteiger partial charge >= 0.3 is 5.97 Å². The van der Waals surface area contributed by atoms with Gasteiger partial charge in [-0.1, -0.05) is 0 Å². The molecule has 0 unspecified atom stereocenters. The maximum atomic E-state index is 11.5. The van der Waals surface area contributed by atoms with E-state index in [1.54, 1.807) is 0 Å². The van der Waals surface area contributed by atoms with Gasteiger partial charge in [0.25, 0.3) is 5.91 Å². The highest BCUT2D eigenvalue weighted by molar-refractivity contribution is 5.95. The lowest BCUT2D eigenvalue weighted by Gasteiger charge is -2.20. The van der Waals surface area contributed by atoms with Gasteiger partial charge in [0.05, 0.1) is 0 Å². The Bertz CT molecular complexity index is 375. The SMILES string of the molecule is CC(C)(NC(=O)c1ccncn1)C(=O)O. The lowest BCUT2D eigenvalue weighted by molar-refractivity contribution is -0.143. The van der Waals surface area contributed by atoms with Gasteiger partial charge in [-0.05, 0) is 19.9 Å². The van der Waals surface area contributed by atoms with Crippen molar-refractivity contribution in [3.05, 3.63) is 24.3 Å². The third kappa shape index (κ3) is 2.73. The summed E-state index contributed by atoms with van der Waals surface area (Å²) >= 11 is 0.